The van der Waals surface area contributed by atoms with E-state index in [9.17, 15) is 33.1 Å². The van der Waals surface area contributed by atoms with Crippen molar-refractivity contribution in [2.24, 2.45) is 0 Å². The molecular weight excluding hydrogens is 825 g/mol. The van der Waals surface area contributed by atoms with Gasteiger partial charge in [-0.25, -0.2) is 4.18 Å². The SMILES string of the molecule is CC/C=C\C/C=C\C/C=C\C/C=C\C/C=C\CCCCCCCCOCC(COC1OC(CO)C(O)C(OS(=O)(=O)O)C1O)OC(=O)CCCCCCCCCCCCCCCC. The monoisotopic (exact) mass is 913 g/mol. The van der Waals surface area contributed by atoms with Crippen LogP contribution in [0.2, 0.25) is 0 Å². The Kier molecular flexibility index (Phi) is 38.5. The molecule has 0 amide bonds. The standard InChI is InChI=1S/C50H88O12S/c1-3-5-7-9-11-13-15-17-19-20-21-22-23-24-25-26-28-30-32-34-36-38-40-58-42-44(43-59-50-48(54)49(62-63(55,56)57)47(53)45(41-51)61-50)60-46(52)39-37-35-33-31-29-27-18-16-14-12-10-8-6-4-2/h5,7,11,13,17,19,21-22,24-25,44-45,47-51,53-54H,3-4,6,8-10,12,14-16,18,20,23,26-43H2,1-2H3,(H,55,56,57)/b7-5-,13-11-,19-17-,22-21-,25-24-. The minimum Gasteiger partial charge on any atom is -0.457 e. The van der Waals surface area contributed by atoms with Crippen LogP contribution in [0, 0.1) is 0 Å². The summed E-state index contributed by atoms with van der Waals surface area (Å²) in [5.41, 5.74) is 0. The van der Waals surface area contributed by atoms with Crippen LogP contribution < -0.4 is 0 Å². The first kappa shape index (κ1) is 58.8. The van der Waals surface area contributed by atoms with Gasteiger partial charge in [-0.2, -0.15) is 8.42 Å². The van der Waals surface area contributed by atoms with Crippen LogP contribution in [-0.4, -0.2) is 97.5 Å². The summed E-state index contributed by atoms with van der Waals surface area (Å²) < 4.78 is 59.2. The number of aliphatic hydroxyl groups is 3. The second-order valence-electron chi connectivity index (χ2n) is 16.7. The van der Waals surface area contributed by atoms with Crippen LogP contribution in [0.3, 0.4) is 0 Å². The van der Waals surface area contributed by atoms with Crippen molar-refractivity contribution in [2.45, 2.75) is 224 Å². The number of esters is 1. The molecule has 63 heavy (non-hydrogen) atoms. The highest BCUT2D eigenvalue weighted by Gasteiger charge is 2.48. The number of hydrogen-bond acceptors (Lipinski definition) is 11. The maximum Gasteiger partial charge on any atom is 0.397 e. The predicted octanol–water partition coefficient (Wildman–Crippen LogP) is 10.9. The third-order valence-corrected chi connectivity index (χ3v) is 11.4. The Labute approximate surface area is 382 Å². The fourth-order valence-corrected chi connectivity index (χ4v) is 7.74. The van der Waals surface area contributed by atoms with Gasteiger partial charge in [0.1, 0.15) is 30.5 Å². The smallest absolute Gasteiger partial charge is 0.397 e. The number of aliphatic hydroxyl groups excluding tert-OH is 3. The van der Waals surface area contributed by atoms with E-state index < -0.39 is 59.8 Å². The summed E-state index contributed by atoms with van der Waals surface area (Å²) in [7, 11) is -5.07. The Balaban J connectivity index is 2.39. The van der Waals surface area contributed by atoms with Crippen LogP contribution in [0.25, 0.3) is 0 Å². The summed E-state index contributed by atoms with van der Waals surface area (Å²) in [6, 6.07) is 0. The zero-order chi connectivity index (χ0) is 46.1. The third-order valence-electron chi connectivity index (χ3n) is 10.9. The molecule has 6 atom stereocenters. The minimum absolute atomic E-state index is 0.0253. The van der Waals surface area contributed by atoms with Crippen LogP contribution >= 0.6 is 0 Å². The molecule has 0 bridgehead atoms. The summed E-state index contributed by atoms with van der Waals surface area (Å²) in [4.78, 5) is 12.9. The lowest BCUT2D eigenvalue weighted by Gasteiger charge is -2.41. The molecule has 0 aromatic carbocycles. The van der Waals surface area contributed by atoms with Crippen LogP contribution in [0.4, 0.5) is 0 Å². The van der Waals surface area contributed by atoms with Crippen molar-refractivity contribution < 1.29 is 56.2 Å². The lowest BCUT2D eigenvalue weighted by Crippen LogP contribution is -2.60. The Morgan fingerprint density at radius 1 is 0.619 bits per heavy atom. The largest absolute Gasteiger partial charge is 0.457 e. The lowest BCUT2D eigenvalue weighted by atomic mass is 9.99. The van der Waals surface area contributed by atoms with Gasteiger partial charge in [0.05, 0.1) is 19.8 Å². The van der Waals surface area contributed by atoms with Gasteiger partial charge in [0.2, 0.25) is 0 Å². The van der Waals surface area contributed by atoms with Crippen LogP contribution in [0.1, 0.15) is 187 Å². The first-order chi connectivity index (χ1) is 30.6. The average molecular weight is 913 g/mol. The molecule has 1 aliphatic heterocycles. The highest BCUT2D eigenvalue weighted by Crippen LogP contribution is 2.26. The van der Waals surface area contributed by atoms with Crippen molar-refractivity contribution in [3.05, 3.63) is 60.8 Å². The number of carbonyl (C=O) groups excluding carboxylic acids is 1. The second kappa shape index (κ2) is 41.2. The predicted molar refractivity (Wildman–Crippen MR) is 253 cm³/mol. The second-order valence-corrected chi connectivity index (χ2v) is 17.7. The third kappa shape index (κ3) is 34.8. The minimum atomic E-state index is -5.07. The van der Waals surface area contributed by atoms with E-state index in [1.54, 1.807) is 0 Å². The quantitative estimate of drug-likeness (QED) is 0.0197. The average Bonchev–Trinajstić information content (AvgIpc) is 3.26. The van der Waals surface area contributed by atoms with Crippen molar-refractivity contribution in [3.8, 4) is 0 Å². The van der Waals surface area contributed by atoms with E-state index in [0.29, 0.717) is 13.0 Å². The molecule has 1 rings (SSSR count). The van der Waals surface area contributed by atoms with Gasteiger partial charge in [0.15, 0.2) is 6.29 Å². The van der Waals surface area contributed by atoms with Gasteiger partial charge >= 0.3 is 16.4 Å². The number of rotatable bonds is 42. The number of ether oxygens (including phenoxy) is 4. The first-order valence-corrected chi connectivity index (χ1v) is 25.9. The molecule has 0 aliphatic carbocycles. The molecule has 6 unspecified atom stereocenters. The number of unbranched alkanes of at least 4 members (excludes halogenated alkanes) is 19. The maximum absolute atomic E-state index is 12.9. The normalized spacial score (nSPS) is 20.4. The molecule has 13 heteroatoms. The van der Waals surface area contributed by atoms with Gasteiger partial charge < -0.3 is 34.3 Å². The lowest BCUT2D eigenvalue weighted by molar-refractivity contribution is -0.301. The van der Waals surface area contributed by atoms with E-state index >= 15 is 0 Å². The van der Waals surface area contributed by atoms with E-state index in [1.807, 2.05) is 0 Å². The van der Waals surface area contributed by atoms with E-state index in [2.05, 4.69) is 78.8 Å². The van der Waals surface area contributed by atoms with Gasteiger partial charge in [0, 0.05) is 13.0 Å². The first-order valence-electron chi connectivity index (χ1n) is 24.5. The summed E-state index contributed by atoms with van der Waals surface area (Å²) in [6.45, 7) is 3.85. The van der Waals surface area contributed by atoms with Crippen molar-refractivity contribution in [1.29, 1.82) is 0 Å². The maximum atomic E-state index is 12.9. The fraction of sp³-hybridized carbons (Fsp3) is 0.780. The van der Waals surface area contributed by atoms with E-state index in [0.717, 1.165) is 89.9 Å². The topological polar surface area (TPSA) is 178 Å². The number of carbonyl (C=O) groups is 1. The van der Waals surface area contributed by atoms with Crippen LogP contribution in [0.5, 0.6) is 0 Å². The molecule has 0 radical (unpaired) electrons. The summed E-state index contributed by atoms with van der Waals surface area (Å²) >= 11 is 0. The van der Waals surface area contributed by atoms with Gasteiger partial charge in [-0.05, 0) is 57.8 Å². The van der Waals surface area contributed by atoms with Gasteiger partial charge in [-0.15, -0.1) is 0 Å². The molecule has 0 aromatic heterocycles. The molecule has 4 N–H and O–H groups in total. The molecule has 1 saturated heterocycles. The van der Waals surface area contributed by atoms with Crippen molar-refractivity contribution >= 4 is 16.4 Å². The highest BCUT2D eigenvalue weighted by molar-refractivity contribution is 7.80. The molecule has 366 valence electrons. The molecule has 0 spiro atoms. The fourth-order valence-electron chi connectivity index (χ4n) is 7.23. The summed E-state index contributed by atoms with van der Waals surface area (Å²) in [5.74, 6) is -0.405. The number of hydrogen-bond donors (Lipinski definition) is 4. The van der Waals surface area contributed by atoms with E-state index in [-0.39, 0.29) is 19.6 Å². The van der Waals surface area contributed by atoms with E-state index in [1.165, 1.54) is 70.6 Å². The Morgan fingerprint density at radius 3 is 1.60 bits per heavy atom. The summed E-state index contributed by atoms with van der Waals surface area (Å²) in [6.07, 6.45) is 42.5. The Morgan fingerprint density at radius 2 is 1.10 bits per heavy atom. The van der Waals surface area contributed by atoms with E-state index in [4.69, 9.17) is 18.9 Å². The molecular formula is C50H88O12S. The molecule has 1 fully saturated rings. The molecule has 1 aliphatic rings. The van der Waals surface area contributed by atoms with Gasteiger partial charge in [0.25, 0.3) is 0 Å². The highest BCUT2D eigenvalue weighted by atomic mass is 32.3. The van der Waals surface area contributed by atoms with Gasteiger partial charge in [-0.3, -0.25) is 9.35 Å². The van der Waals surface area contributed by atoms with Crippen LogP contribution in [-0.2, 0) is 38.3 Å². The number of allylic oxidation sites excluding steroid dienone is 10. The molecule has 1 heterocycles. The zero-order valence-corrected chi connectivity index (χ0v) is 39.9. The molecule has 12 nitrogen and oxygen atoms in total. The summed E-state index contributed by atoms with van der Waals surface area (Å²) in [5, 5.41) is 30.7. The van der Waals surface area contributed by atoms with Crippen molar-refractivity contribution in [1.82, 2.24) is 0 Å². The zero-order valence-electron chi connectivity index (χ0n) is 39.1. The Hall–Kier alpha value is -2.20. The van der Waals surface area contributed by atoms with Crippen molar-refractivity contribution in [2.75, 3.05) is 26.4 Å². The van der Waals surface area contributed by atoms with Gasteiger partial charge in [-0.1, -0.05) is 184 Å². The van der Waals surface area contributed by atoms with Crippen LogP contribution in [0.15, 0.2) is 60.8 Å². The Bertz CT molecular complexity index is 1330. The molecule has 0 saturated carbocycles. The molecule has 0 aromatic rings. The van der Waals surface area contributed by atoms with Crippen molar-refractivity contribution in [3.63, 3.8) is 0 Å².